The van der Waals surface area contributed by atoms with Crippen molar-refractivity contribution in [3.8, 4) is 0 Å². The van der Waals surface area contributed by atoms with Crippen LogP contribution in [0.4, 0.5) is 0 Å². The molecule has 1 aliphatic rings. The van der Waals surface area contributed by atoms with Gasteiger partial charge in [0, 0.05) is 12.3 Å². The second-order valence-corrected chi connectivity index (χ2v) is 9.52. The predicted molar refractivity (Wildman–Crippen MR) is 108 cm³/mol. The van der Waals surface area contributed by atoms with Crippen molar-refractivity contribution in [2.45, 2.75) is 107 Å². The maximum Gasteiger partial charge on any atom is 0.306 e. The number of hydrogen-bond donors (Lipinski definition) is 0. The Bertz CT molecular complexity index is 360. The Morgan fingerprint density at radius 3 is 1.76 bits per heavy atom. The molecule has 1 fully saturated rings. The molecule has 0 aromatic heterocycles. The van der Waals surface area contributed by atoms with Crippen LogP contribution in [0.5, 0.6) is 0 Å². The molecular formula is C22H44O3. The summed E-state index contributed by atoms with van der Waals surface area (Å²) in [6.45, 7) is 20.9. The quantitative estimate of drug-likeness (QED) is 0.432. The normalized spacial score (nSPS) is 22.9. The first-order valence-electron chi connectivity index (χ1n) is 9.96. The third-order valence-corrected chi connectivity index (χ3v) is 4.19. The molecule has 1 aliphatic carbocycles. The van der Waals surface area contributed by atoms with E-state index in [-0.39, 0.29) is 11.9 Å². The van der Waals surface area contributed by atoms with Gasteiger partial charge in [0.05, 0.1) is 0 Å². The van der Waals surface area contributed by atoms with Gasteiger partial charge < -0.3 is 9.53 Å². The molecule has 0 amide bonds. The third-order valence-electron chi connectivity index (χ3n) is 4.19. The van der Waals surface area contributed by atoms with Gasteiger partial charge in [-0.2, -0.15) is 0 Å². The molecule has 25 heavy (non-hydrogen) atoms. The van der Waals surface area contributed by atoms with Gasteiger partial charge in [0.15, 0.2) is 0 Å². The molecule has 3 nitrogen and oxygen atoms in total. The number of ether oxygens (including phenoxy) is 1. The van der Waals surface area contributed by atoms with E-state index in [4.69, 9.17) is 4.74 Å². The lowest BCUT2D eigenvalue weighted by atomic mass is 9.94. The van der Waals surface area contributed by atoms with Crippen LogP contribution in [0.3, 0.4) is 0 Å². The molecule has 0 N–H and O–H groups in total. The molecule has 0 saturated heterocycles. The number of carbonyl (C=O) groups excluding carboxylic acids is 2. The Hall–Kier alpha value is -0.860. The predicted octanol–water partition coefficient (Wildman–Crippen LogP) is 6.44. The van der Waals surface area contributed by atoms with E-state index in [0.29, 0.717) is 23.7 Å². The fourth-order valence-corrected chi connectivity index (χ4v) is 2.38. The van der Waals surface area contributed by atoms with Gasteiger partial charge in [-0.05, 0) is 50.9 Å². The molecule has 3 heteroatoms. The molecular weight excluding hydrogens is 312 g/mol. The van der Waals surface area contributed by atoms with Gasteiger partial charge in [-0.25, -0.2) is 0 Å². The van der Waals surface area contributed by atoms with Crippen LogP contribution in [0.25, 0.3) is 0 Å². The van der Waals surface area contributed by atoms with Crippen molar-refractivity contribution in [1.82, 2.24) is 0 Å². The topological polar surface area (TPSA) is 43.4 Å². The number of esters is 1. The molecule has 1 saturated carbocycles. The molecule has 0 bridgehead atoms. The summed E-state index contributed by atoms with van der Waals surface area (Å²) in [5.41, 5.74) is 0.128. The van der Waals surface area contributed by atoms with E-state index in [2.05, 4.69) is 48.5 Å². The van der Waals surface area contributed by atoms with E-state index in [0.717, 1.165) is 19.1 Å². The van der Waals surface area contributed by atoms with Crippen molar-refractivity contribution in [2.75, 3.05) is 0 Å². The molecule has 1 rings (SSSR count). The van der Waals surface area contributed by atoms with E-state index in [1.165, 1.54) is 12.8 Å². The van der Waals surface area contributed by atoms with Crippen LogP contribution in [0.2, 0.25) is 0 Å². The van der Waals surface area contributed by atoms with E-state index < -0.39 is 5.60 Å². The zero-order chi connectivity index (χ0) is 20.3. The largest absolute Gasteiger partial charge is 0.460 e. The van der Waals surface area contributed by atoms with E-state index in [9.17, 15) is 9.59 Å². The summed E-state index contributed by atoms with van der Waals surface area (Å²) in [5, 5.41) is 0. The number of rotatable bonds is 3. The molecule has 0 radical (unpaired) electrons. The Labute approximate surface area is 157 Å². The van der Waals surface area contributed by atoms with Crippen molar-refractivity contribution in [3.05, 3.63) is 0 Å². The Kier molecular flexibility index (Phi) is 13.2. The Morgan fingerprint density at radius 2 is 1.48 bits per heavy atom. The van der Waals surface area contributed by atoms with Gasteiger partial charge >= 0.3 is 5.97 Å². The first-order valence-corrected chi connectivity index (χ1v) is 9.96. The van der Waals surface area contributed by atoms with Gasteiger partial charge in [-0.15, -0.1) is 0 Å². The smallest absolute Gasteiger partial charge is 0.306 e. The minimum Gasteiger partial charge on any atom is -0.460 e. The maximum absolute atomic E-state index is 11.6. The summed E-state index contributed by atoms with van der Waals surface area (Å²) in [6.07, 6.45) is 5.74. The molecule has 3 atom stereocenters. The van der Waals surface area contributed by atoms with E-state index >= 15 is 0 Å². The van der Waals surface area contributed by atoms with Gasteiger partial charge in [-0.3, -0.25) is 4.79 Å². The van der Waals surface area contributed by atoms with Crippen LogP contribution in [-0.4, -0.2) is 17.9 Å². The summed E-state index contributed by atoms with van der Waals surface area (Å²) in [7, 11) is 0. The van der Waals surface area contributed by atoms with Crippen LogP contribution in [-0.2, 0) is 14.3 Å². The lowest BCUT2D eigenvalue weighted by Gasteiger charge is -2.22. The van der Waals surface area contributed by atoms with Gasteiger partial charge in [0.2, 0.25) is 0 Å². The molecule has 0 aromatic rings. The summed E-state index contributed by atoms with van der Waals surface area (Å²) in [4.78, 5) is 22.3. The minimum absolute atomic E-state index is 0.141. The fourth-order valence-electron chi connectivity index (χ4n) is 2.38. The van der Waals surface area contributed by atoms with Crippen molar-refractivity contribution in [1.29, 1.82) is 0 Å². The second-order valence-electron chi connectivity index (χ2n) is 9.52. The van der Waals surface area contributed by atoms with Crippen LogP contribution < -0.4 is 0 Å². The van der Waals surface area contributed by atoms with Crippen LogP contribution >= 0.6 is 0 Å². The molecule has 0 spiro atoms. The summed E-state index contributed by atoms with van der Waals surface area (Å²) in [6, 6.07) is 0. The standard InChI is InChI=1S/C13H22O3.C6H14.C3H8/c1-9-5-10(8-14)6-11(9)7-12(15)16-13(2,3)4;1-5-6(2,3)4;1-3-2/h8-11H,5-7H2,1-4H3;5H2,1-4H3;3H2,1-2H3/t9-,10+,11-;;/m0../s1. The lowest BCUT2D eigenvalue weighted by molar-refractivity contribution is -0.156. The van der Waals surface area contributed by atoms with E-state index in [1.54, 1.807) is 0 Å². The summed E-state index contributed by atoms with van der Waals surface area (Å²) in [5.74, 6) is 0.756. The first kappa shape index (κ1) is 26.4. The Morgan fingerprint density at radius 1 is 1.04 bits per heavy atom. The van der Waals surface area contributed by atoms with Crippen molar-refractivity contribution >= 4 is 12.3 Å². The zero-order valence-corrected chi connectivity index (χ0v) is 18.6. The van der Waals surface area contributed by atoms with Crippen LogP contribution in [0.15, 0.2) is 0 Å². The number of aldehydes is 1. The van der Waals surface area contributed by atoms with Gasteiger partial charge in [0.25, 0.3) is 0 Å². The first-order chi connectivity index (χ1) is 11.3. The van der Waals surface area contributed by atoms with E-state index in [1.807, 2.05) is 20.8 Å². The third kappa shape index (κ3) is 16.4. The highest BCUT2D eigenvalue weighted by Crippen LogP contribution is 2.37. The molecule has 0 aromatic carbocycles. The Balaban J connectivity index is 0. The second kappa shape index (κ2) is 12.5. The van der Waals surface area contributed by atoms with Gasteiger partial charge in [0.1, 0.15) is 11.9 Å². The lowest BCUT2D eigenvalue weighted by Crippen LogP contribution is -2.25. The minimum atomic E-state index is -0.414. The average Bonchev–Trinajstić information content (AvgIpc) is 2.78. The van der Waals surface area contributed by atoms with Crippen molar-refractivity contribution < 1.29 is 14.3 Å². The van der Waals surface area contributed by atoms with Crippen molar-refractivity contribution in [2.24, 2.45) is 23.2 Å². The number of hydrogen-bond acceptors (Lipinski definition) is 3. The monoisotopic (exact) mass is 356 g/mol. The summed E-state index contributed by atoms with van der Waals surface area (Å²) < 4.78 is 5.29. The van der Waals surface area contributed by atoms with Gasteiger partial charge in [-0.1, -0.05) is 61.3 Å². The highest BCUT2D eigenvalue weighted by Gasteiger charge is 2.33. The molecule has 0 heterocycles. The molecule has 150 valence electrons. The molecule has 0 aliphatic heterocycles. The molecule has 0 unspecified atom stereocenters. The maximum atomic E-state index is 11.6. The zero-order valence-electron chi connectivity index (χ0n) is 18.6. The van der Waals surface area contributed by atoms with Crippen LogP contribution in [0, 0.1) is 23.2 Å². The highest BCUT2D eigenvalue weighted by molar-refractivity contribution is 5.70. The SMILES string of the molecule is CCC.CCC(C)(C)C.C[C@H]1C[C@@H](C=O)C[C@H]1CC(=O)OC(C)(C)C. The highest BCUT2D eigenvalue weighted by atomic mass is 16.6. The fraction of sp³-hybridized carbons (Fsp3) is 0.909. The number of carbonyl (C=O) groups is 2. The van der Waals surface area contributed by atoms with Crippen LogP contribution in [0.1, 0.15) is 101 Å². The van der Waals surface area contributed by atoms with Crippen molar-refractivity contribution in [3.63, 3.8) is 0 Å². The summed E-state index contributed by atoms with van der Waals surface area (Å²) >= 11 is 0. The average molecular weight is 357 g/mol.